The van der Waals surface area contributed by atoms with E-state index in [4.69, 9.17) is 0 Å². The first-order valence-electron chi connectivity index (χ1n) is 7.93. The van der Waals surface area contributed by atoms with Crippen LogP contribution in [0.15, 0.2) is 48.9 Å². The van der Waals surface area contributed by atoms with Gasteiger partial charge in [0.1, 0.15) is 5.69 Å². The van der Waals surface area contributed by atoms with E-state index >= 15 is 0 Å². The minimum absolute atomic E-state index is 0.00461. The first-order chi connectivity index (χ1) is 10.8. The van der Waals surface area contributed by atoms with Crippen molar-refractivity contribution in [3.05, 3.63) is 60.2 Å². The summed E-state index contributed by atoms with van der Waals surface area (Å²) in [4.78, 5) is 22.9. The van der Waals surface area contributed by atoms with Crippen LogP contribution in [0, 0.1) is 0 Å². The van der Waals surface area contributed by atoms with Gasteiger partial charge in [-0.1, -0.05) is 37.3 Å². The fourth-order valence-electron chi connectivity index (χ4n) is 3.45. The zero-order valence-corrected chi connectivity index (χ0v) is 12.9. The second-order valence-electron chi connectivity index (χ2n) is 5.72. The third kappa shape index (κ3) is 2.86. The van der Waals surface area contributed by atoms with E-state index < -0.39 is 0 Å². The minimum Gasteiger partial charge on any atom is -0.334 e. The molecule has 0 aliphatic carbocycles. The topological polar surface area (TPSA) is 46.1 Å². The van der Waals surface area contributed by atoms with E-state index in [-0.39, 0.29) is 11.9 Å². The summed E-state index contributed by atoms with van der Waals surface area (Å²) in [6.45, 7) is 3.00. The predicted octanol–water partition coefficient (Wildman–Crippen LogP) is 3.28. The lowest BCUT2D eigenvalue weighted by atomic mass is 9.87. The molecule has 2 atom stereocenters. The molecule has 2 aromatic rings. The van der Waals surface area contributed by atoms with Gasteiger partial charge in [-0.05, 0) is 24.8 Å². The molecule has 0 unspecified atom stereocenters. The summed E-state index contributed by atoms with van der Waals surface area (Å²) >= 11 is 0. The van der Waals surface area contributed by atoms with Crippen molar-refractivity contribution in [2.45, 2.75) is 38.1 Å². The second-order valence-corrected chi connectivity index (χ2v) is 5.72. The highest BCUT2D eigenvalue weighted by atomic mass is 16.2. The average Bonchev–Trinajstić information content (AvgIpc) is 3.06. The molecule has 1 aliphatic rings. The Morgan fingerprint density at radius 1 is 1.32 bits per heavy atom. The van der Waals surface area contributed by atoms with E-state index in [1.807, 2.05) is 11.0 Å². The van der Waals surface area contributed by atoms with Crippen LogP contribution in [-0.2, 0) is 0 Å². The Labute approximate surface area is 131 Å². The fourth-order valence-corrected chi connectivity index (χ4v) is 3.45. The largest absolute Gasteiger partial charge is 0.334 e. The maximum atomic E-state index is 12.7. The summed E-state index contributed by atoms with van der Waals surface area (Å²) in [6.07, 6.45) is 7.86. The van der Waals surface area contributed by atoms with Crippen LogP contribution < -0.4 is 0 Å². The van der Waals surface area contributed by atoms with Crippen LogP contribution in [0.2, 0.25) is 0 Å². The lowest BCUT2D eigenvalue weighted by Crippen LogP contribution is -2.39. The van der Waals surface area contributed by atoms with Crippen molar-refractivity contribution in [1.29, 1.82) is 0 Å². The van der Waals surface area contributed by atoms with Gasteiger partial charge in [-0.3, -0.25) is 9.78 Å². The number of hydrogen-bond donors (Lipinski definition) is 0. The van der Waals surface area contributed by atoms with Gasteiger partial charge in [0.05, 0.1) is 6.20 Å². The zero-order chi connectivity index (χ0) is 15.4. The first kappa shape index (κ1) is 14.7. The Hall–Kier alpha value is -2.23. The van der Waals surface area contributed by atoms with Gasteiger partial charge in [0.25, 0.3) is 5.91 Å². The van der Waals surface area contributed by atoms with Crippen LogP contribution >= 0.6 is 0 Å². The summed E-state index contributed by atoms with van der Waals surface area (Å²) in [5.74, 6) is 0.384. The van der Waals surface area contributed by atoms with Gasteiger partial charge in [-0.2, -0.15) is 0 Å². The van der Waals surface area contributed by atoms with Crippen LogP contribution in [0.5, 0.6) is 0 Å². The van der Waals surface area contributed by atoms with Crippen molar-refractivity contribution >= 4 is 5.91 Å². The number of carbonyl (C=O) groups excluding carboxylic acids is 1. The van der Waals surface area contributed by atoms with E-state index in [0.29, 0.717) is 11.6 Å². The van der Waals surface area contributed by atoms with Gasteiger partial charge in [0.15, 0.2) is 0 Å². The number of nitrogens with zero attached hydrogens (tertiary/aromatic N) is 3. The molecule has 0 radical (unpaired) electrons. The molecule has 0 spiro atoms. The Bertz CT molecular complexity index is 615. The highest BCUT2D eigenvalue weighted by molar-refractivity contribution is 5.92. The third-order valence-electron chi connectivity index (χ3n) is 4.47. The number of rotatable bonds is 4. The molecule has 3 rings (SSSR count). The molecule has 1 aliphatic heterocycles. The zero-order valence-electron chi connectivity index (χ0n) is 12.9. The van der Waals surface area contributed by atoms with Crippen LogP contribution in [0.3, 0.4) is 0 Å². The molecule has 4 heteroatoms. The minimum atomic E-state index is 0.00461. The summed E-state index contributed by atoms with van der Waals surface area (Å²) < 4.78 is 0. The van der Waals surface area contributed by atoms with Gasteiger partial charge in [-0.25, -0.2) is 4.98 Å². The summed E-state index contributed by atoms with van der Waals surface area (Å²) in [5.41, 5.74) is 1.76. The predicted molar refractivity (Wildman–Crippen MR) is 85.6 cm³/mol. The molecular formula is C18H21N3O. The number of hydrogen-bond acceptors (Lipinski definition) is 3. The number of carbonyl (C=O) groups is 1. The molecule has 4 nitrogen and oxygen atoms in total. The van der Waals surface area contributed by atoms with Gasteiger partial charge >= 0.3 is 0 Å². The van der Waals surface area contributed by atoms with Crippen LogP contribution in [-0.4, -0.2) is 33.4 Å². The van der Waals surface area contributed by atoms with Gasteiger partial charge in [0, 0.05) is 30.9 Å². The Kier molecular flexibility index (Phi) is 4.47. The van der Waals surface area contributed by atoms with Crippen molar-refractivity contribution < 1.29 is 4.79 Å². The van der Waals surface area contributed by atoms with Gasteiger partial charge in [0.2, 0.25) is 0 Å². The maximum absolute atomic E-state index is 12.7. The quantitative estimate of drug-likeness (QED) is 0.869. The summed E-state index contributed by atoms with van der Waals surface area (Å²) in [5, 5.41) is 0. The second kappa shape index (κ2) is 6.69. The van der Waals surface area contributed by atoms with Crippen molar-refractivity contribution in [3.63, 3.8) is 0 Å². The average molecular weight is 295 g/mol. The van der Waals surface area contributed by atoms with Crippen LogP contribution in [0.4, 0.5) is 0 Å². The smallest absolute Gasteiger partial charge is 0.274 e. The molecule has 22 heavy (non-hydrogen) atoms. The van der Waals surface area contributed by atoms with Crippen molar-refractivity contribution in [2.24, 2.45) is 0 Å². The third-order valence-corrected chi connectivity index (χ3v) is 4.47. The molecule has 2 heterocycles. The van der Waals surface area contributed by atoms with E-state index in [1.165, 1.54) is 5.56 Å². The molecule has 1 aromatic carbocycles. The molecule has 1 amide bonds. The molecule has 0 N–H and O–H groups in total. The summed E-state index contributed by atoms with van der Waals surface area (Å²) in [7, 11) is 0. The number of aromatic nitrogens is 2. The molecule has 1 aromatic heterocycles. The van der Waals surface area contributed by atoms with Crippen molar-refractivity contribution in [3.8, 4) is 0 Å². The number of amides is 1. The van der Waals surface area contributed by atoms with Crippen LogP contribution in [0.25, 0.3) is 0 Å². The molecule has 1 saturated heterocycles. The van der Waals surface area contributed by atoms with Gasteiger partial charge in [-0.15, -0.1) is 0 Å². The lowest BCUT2D eigenvalue weighted by Gasteiger charge is -2.31. The fraction of sp³-hybridized carbons (Fsp3) is 0.389. The maximum Gasteiger partial charge on any atom is 0.274 e. The standard InChI is InChI=1S/C18H21N3O/c1-2-15(14-7-4-3-5-8-14)17-9-6-12-21(17)18(22)16-13-19-10-11-20-16/h3-5,7-8,10-11,13,15,17H,2,6,9,12H2,1H3/t15-,17-/m0/s1. The van der Waals surface area contributed by atoms with E-state index in [1.54, 1.807) is 18.6 Å². The Morgan fingerprint density at radius 3 is 2.82 bits per heavy atom. The molecule has 1 fully saturated rings. The van der Waals surface area contributed by atoms with E-state index in [2.05, 4.69) is 41.2 Å². The Morgan fingerprint density at radius 2 is 2.14 bits per heavy atom. The molecule has 0 saturated carbocycles. The number of benzene rings is 1. The molecule has 114 valence electrons. The van der Waals surface area contributed by atoms with Crippen molar-refractivity contribution in [2.75, 3.05) is 6.54 Å². The monoisotopic (exact) mass is 295 g/mol. The van der Waals surface area contributed by atoms with Gasteiger partial charge < -0.3 is 4.90 Å². The van der Waals surface area contributed by atoms with Crippen LogP contribution in [0.1, 0.15) is 48.2 Å². The normalized spacial score (nSPS) is 19.1. The number of likely N-dealkylation sites (tertiary alicyclic amines) is 1. The van der Waals surface area contributed by atoms with E-state index in [9.17, 15) is 4.79 Å². The molecule has 0 bridgehead atoms. The Balaban J connectivity index is 1.85. The highest BCUT2D eigenvalue weighted by Gasteiger charge is 2.35. The molecular weight excluding hydrogens is 274 g/mol. The first-order valence-corrected chi connectivity index (χ1v) is 7.93. The summed E-state index contributed by atoms with van der Waals surface area (Å²) in [6, 6.07) is 10.8. The highest BCUT2D eigenvalue weighted by Crippen LogP contribution is 2.34. The SMILES string of the molecule is CC[C@@H](c1ccccc1)[C@@H]1CCCN1C(=O)c1cnccn1. The van der Waals surface area contributed by atoms with Crippen molar-refractivity contribution in [1.82, 2.24) is 14.9 Å². The van der Waals surface area contributed by atoms with E-state index in [0.717, 1.165) is 25.8 Å². The lowest BCUT2D eigenvalue weighted by molar-refractivity contribution is 0.0708.